The minimum atomic E-state index is -0.474. The quantitative estimate of drug-likeness (QED) is 0.562. The van der Waals surface area contributed by atoms with Gasteiger partial charge in [-0.25, -0.2) is 4.98 Å². The Morgan fingerprint density at radius 2 is 2.31 bits per heavy atom. The van der Waals surface area contributed by atoms with Crippen molar-refractivity contribution in [3.05, 3.63) is 23.5 Å². The maximum absolute atomic E-state index is 12.1. The first-order valence-electron chi connectivity index (χ1n) is 8.28. The molecular formula is C18H26ClN3O3S. The summed E-state index contributed by atoms with van der Waals surface area (Å²) in [7, 11) is 0. The van der Waals surface area contributed by atoms with E-state index in [2.05, 4.69) is 43.6 Å². The minimum absolute atomic E-state index is 0. The third kappa shape index (κ3) is 6.11. The summed E-state index contributed by atoms with van der Waals surface area (Å²) in [5.41, 5.74) is -0.0947. The molecule has 1 aromatic heterocycles. The molecule has 6 nitrogen and oxygen atoms in total. The van der Waals surface area contributed by atoms with E-state index in [4.69, 9.17) is 15.9 Å². The predicted molar refractivity (Wildman–Crippen MR) is 105 cm³/mol. The van der Waals surface area contributed by atoms with Crippen molar-refractivity contribution in [2.45, 2.75) is 51.9 Å². The number of hydrogen-bond acceptors (Lipinski definition) is 6. The van der Waals surface area contributed by atoms with E-state index in [0.29, 0.717) is 29.0 Å². The van der Waals surface area contributed by atoms with E-state index in [0.717, 1.165) is 19.3 Å². The van der Waals surface area contributed by atoms with Crippen molar-refractivity contribution in [2.75, 3.05) is 13.1 Å². The number of terminal acetylenes is 1. The van der Waals surface area contributed by atoms with E-state index in [-0.39, 0.29) is 23.9 Å². The molecule has 1 amide bonds. The molecular weight excluding hydrogens is 374 g/mol. The first kappa shape index (κ1) is 22.1. The number of carbonyl (C=O) groups excluding carboxylic acids is 1. The molecule has 26 heavy (non-hydrogen) atoms. The molecule has 2 rings (SSSR count). The lowest BCUT2D eigenvalue weighted by atomic mass is 10.1. The summed E-state index contributed by atoms with van der Waals surface area (Å²) in [5, 5.41) is 3.26. The van der Waals surface area contributed by atoms with E-state index in [1.165, 1.54) is 17.5 Å². The number of hydrogen-bond donors (Lipinski definition) is 1. The predicted octanol–water partition coefficient (Wildman–Crippen LogP) is 3.41. The molecule has 0 bridgehead atoms. The molecule has 1 unspecified atom stereocenters. The Kier molecular flexibility index (Phi) is 8.25. The van der Waals surface area contributed by atoms with Gasteiger partial charge in [-0.15, -0.1) is 24.8 Å². The zero-order valence-corrected chi connectivity index (χ0v) is 17.0. The maximum Gasteiger partial charge on any atom is 0.277 e. The number of amides is 1. The van der Waals surface area contributed by atoms with Crippen molar-refractivity contribution in [3.63, 3.8) is 0 Å². The molecule has 144 valence electrons. The molecule has 0 aliphatic carbocycles. The monoisotopic (exact) mass is 399 g/mol. The number of nitrogens with zero attached hydrogens (tertiary/aromatic N) is 2. The zero-order chi connectivity index (χ0) is 18.4. The lowest BCUT2D eigenvalue weighted by molar-refractivity contribution is -0.00479. The molecule has 0 saturated carbocycles. The van der Waals surface area contributed by atoms with Crippen molar-refractivity contribution >= 4 is 29.7 Å². The van der Waals surface area contributed by atoms with Crippen molar-refractivity contribution in [1.82, 2.24) is 15.2 Å². The minimum Gasteiger partial charge on any atom is -0.438 e. The first-order valence-corrected chi connectivity index (χ1v) is 9.10. The average Bonchev–Trinajstić information content (AvgIpc) is 3.13. The number of rotatable bonds is 7. The van der Waals surface area contributed by atoms with Gasteiger partial charge < -0.3 is 19.7 Å². The van der Waals surface area contributed by atoms with Crippen LogP contribution in [0, 0.1) is 12.3 Å². The second kappa shape index (κ2) is 9.70. The highest BCUT2D eigenvalue weighted by molar-refractivity contribution is 7.15. The van der Waals surface area contributed by atoms with E-state index in [9.17, 15) is 4.79 Å². The Morgan fingerprint density at radius 3 is 2.92 bits per heavy atom. The fourth-order valence-electron chi connectivity index (χ4n) is 2.38. The normalized spacial score (nSPS) is 16.5. The Labute approximate surface area is 165 Å². The second-order valence-corrected chi connectivity index (χ2v) is 7.74. The van der Waals surface area contributed by atoms with Crippen molar-refractivity contribution in [2.24, 2.45) is 0 Å². The largest absolute Gasteiger partial charge is 0.438 e. The molecule has 0 aromatic carbocycles. The van der Waals surface area contributed by atoms with E-state index < -0.39 is 6.29 Å². The zero-order valence-electron chi connectivity index (χ0n) is 15.4. The maximum atomic E-state index is 12.1. The van der Waals surface area contributed by atoms with Gasteiger partial charge in [-0.05, 0) is 40.2 Å². The van der Waals surface area contributed by atoms with Gasteiger partial charge in [0.2, 0.25) is 0 Å². The number of unbranched alkanes of at least 4 members (excludes halogenated alkanes) is 2. The SMILES string of the molecule is C#CCCCCNC(=O)c1cnc(OC2CN(C(C)(C)C)C(=C)O2)s1.Cl. The molecule has 1 aliphatic heterocycles. The Hall–Kier alpha value is -1.91. The molecule has 0 radical (unpaired) electrons. The van der Waals surface area contributed by atoms with Gasteiger partial charge in [0.1, 0.15) is 4.88 Å². The van der Waals surface area contributed by atoms with E-state index in [1.54, 1.807) is 0 Å². The summed E-state index contributed by atoms with van der Waals surface area (Å²) in [6.07, 6.45) is 8.73. The van der Waals surface area contributed by atoms with E-state index in [1.807, 2.05) is 4.90 Å². The summed E-state index contributed by atoms with van der Waals surface area (Å²) in [5.74, 6) is 3.01. The summed E-state index contributed by atoms with van der Waals surface area (Å²) in [6, 6.07) is 0. The third-order valence-electron chi connectivity index (χ3n) is 3.68. The Balaban J connectivity index is 0.00000338. The number of thiazole rings is 1. The molecule has 2 heterocycles. The van der Waals surface area contributed by atoms with Gasteiger partial charge in [0, 0.05) is 18.5 Å². The van der Waals surface area contributed by atoms with Crippen LogP contribution in [0.15, 0.2) is 18.7 Å². The molecule has 1 aromatic rings. The van der Waals surface area contributed by atoms with Gasteiger partial charge in [0.05, 0.1) is 12.7 Å². The molecule has 1 saturated heterocycles. The summed E-state index contributed by atoms with van der Waals surface area (Å²) >= 11 is 1.20. The van der Waals surface area contributed by atoms with Gasteiger partial charge in [-0.1, -0.05) is 11.3 Å². The second-order valence-electron chi connectivity index (χ2n) is 6.75. The molecule has 1 fully saturated rings. The lowest BCUT2D eigenvalue weighted by Gasteiger charge is -2.31. The molecule has 1 N–H and O–H groups in total. The van der Waals surface area contributed by atoms with Crippen LogP contribution < -0.4 is 10.1 Å². The fraction of sp³-hybridized carbons (Fsp3) is 0.556. The number of carbonyl (C=O) groups is 1. The lowest BCUT2D eigenvalue weighted by Crippen LogP contribution is -2.39. The highest BCUT2D eigenvalue weighted by Crippen LogP contribution is 2.30. The van der Waals surface area contributed by atoms with Crippen molar-refractivity contribution in [1.29, 1.82) is 0 Å². The first-order chi connectivity index (χ1) is 11.8. The highest BCUT2D eigenvalue weighted by atomic mass is 35.5. The molecule has 1 atom stereocenters. The summed E-state index contributed by atoms with van der Waals surface area (Å²) in [6.45, 7) is 11.3. The van der Waals surface area contributed by atoms with E-state index >= 15 is 0 Å². The van der Waals surface area contributed by atoms with Crippen LogP contribution in [-0.4, -0.2) is 40.7 Å². The molecule has 0 spiro atoms. The number of aromatic nitrogens is 1. The van der Waals surface area contributed by atoms with Gasteiger partial charge >= 0.3 is 0 Å². The fourth-order valence-corrected chi connectivity index (χ4v) is 3.10. The van der Waals surface area contributed by atoms with Gasteiger partial charge in [0.15, 0.2) is 5.88 Å². The van der Waals surface area contributed by atoms with Gasteiger partial charge in [0.25, 0.3) is 17.4 Å². The smallest absolute Gasteiger partial charge is 0.277 e. The van der Waals surface area contributed by atoms with Crippen LogP contribution >= 0.6 is 23.7 Å². The average molecular weight is 400 g/mol. The standard InChI is InChI=1S/C18H25N3O3S.ClH/c1-6-7-8-9-10-19-16(22)14-11-20-17(25-14)24-15-12-21(13(2)23-15)18(3,4)5;/h1,11,15H,2,7-10,12H2,3-5H3,(H,19,22);1H. The van der Waals surface area contributed by atoms with Gasteiger partial charge in [-0.2, -0.15) is 0 Å². The van der Waals surface area contributed by atoms with Crippen LogP contribution in [0.2, 0.25) is 0 Å². The van der Waals surface area contributed by atoms with Crippen LogP contribution in [0.5, 0.6) is 5.19 Å². The highest BCUT2D eigenvalue weighted by Gasteiger charge is 2.35. The molecule has 8 heteroatoms. The topological polar surface area (TPSA) is 63.7 Å². The number of nitrogens with one attached hydrogen (secondary N) is 1. The van der Waals surface area contributed by atoms with Crippen LogP contribution in [-0.2, 0) is 4.74 Å². The Bertz CT molecular complexity index is 663. The van der Waals surface area contributed by atoms with Crippen LogP contribution in [0.3, 0.4) is 0 Å². The van der Waals surface area contributed by atoms with Crippen LogP contribution in [0.1, 0.15) is 49.7 Å². The van der Waals surface area contributed by atoms with Crippen LogP contribution in [0.25, 0.3) is 0 Å². The summed E-state index contributed by atoms with van der Waals surface area (Å²) in [4.78, 5) is 18.8. The van der Waals surface area contributed by atoms with Crippen LogP contribution in [0.4, 0.5) is 0 Å². The molecule has 1 aliphatic rings. The summed E-state index contributed by atoms with van der Waals surface area (Å²) < 4.78 is 11.4. The number of halogens is 1. The number of ether oxygens (including phenoxy) is 2. The third-order valence-corrected chi connectivity index (χ3v) is 4.57. The Morgan fingerprint density at radius 1 is 1.58 bits per heavy atom. The van der Waals surface area contributed by atoms with Crippen molar-refractivity contribution in [3.8, 4) is 17.5 Å². The van der Waals surface area contributed by atoms with Crippen molar-refractivity contribution < 1.29 is 14.3 Å². The van der Waals surface area contributed by atoms with Gasteiger partial charge in [-0.3, -0.25) is 4.79 Å².